The van der Waals surface area contributed by atoms with E-state index in [1.54, 1.807) is 7.05 Å². The zero-order valence-electron chi connectivity index (χ0n) is 9.67. The number of primary sulfonamides is 1. The van der Waals surface area contributed by atoms with Crippen LogP contribution in [-0.4, -0.2) is 37.7 Å². The molecule has 0 aliphatic heterocycles. The third-order valence-corrected chi connectivity index (χ3v) is 3.81. The van der Waals surface area contributed by atoms with Crippen molar-refractivity contribution < 1.29 is 8.42 Å². The largest absolute Gasteiger partial charge is 0.368 e. The van der Waals surface area contributed by atoms with Crippen LogP contribution < -0.4 is 15.8 Å². The van der Waals surface area contributed by atoms with Crippen LogP contribution in [-0.2, 0) is 10.0 Å². The third-order valence-electron chi connectivity index (χ3n) is 2.23. The van der Waals surface area contributed by atoms with Gasteiger partial charge in [0.25, 0.3) is 0 Å². The molecule has 0 spiro atoms. The summed E-state index contributed by atoms with van der Waals surface area (Å²) >= 11 is 1.50. The minimum absolute atomic E-state index is 0.141. The molecule has 0 aromatic carbocycles. The van der Waals surface area contributed by atoms with Gasteiger partial charge in [-0.1, -0.05) is 0 Å². The SMILES string of the molecule is CNc1nc(NCCS(N)(=O)=O)c2ccsc2n1. The summed E-state index contributed by atoms with van der Waals surface area (Å²) in [5, 5.41) is 13.5. The lowest BCUT2D eigenvalue weighted by atomic mass is 10.4. The Morgan fingerprint density at radius 3 is 2.89 bits per heavy atom. The van der Waals surface area contributed by atoms with Gasteiger partial charge >= 0.3 is 0 Å². The smallest absolute Gasteiger partial charge is 0.225 e. The fourth-order valence-corrected chi connectivity index (χ4v) is 2.56. The first kappa shape index (κ1) is 13.0. The summed E-state index contributed by atoms with van der Waals surface area (Å²) < 4.78 is 21.7. The van der Waals surface area contributed by atoms with Crippen molar-refractivity contribution in [1.82, 2.24) is 9.97 Å². The molecular weight excluding hydrogens is 274 g/mol. The summed E-state index contributed by atoms with van der Waals surface area (Å²) in [6.07, 6.45) is 0. The van der Waals surface area contributed by atoms with Crippen LogP contribution in [0.15, 0.2) is 11.4 Å². The second-order valence-electron chi connectivity index (χ2n) is 3.58. The molecule has 9 heteroatoms. The van der Waals surface area contributed by atoms with Crippen molar-refractivity contribution in [3.8, 4) is 0 Å². The quantitative estimate of drug-likeness (QED) is 0.735. The number of nitrogens with two attached hydrogens (primary N) is 1. The topological polar surface area (TPSA) is 110 Å². The maximum absolute atomic E-state index is 10.9. The number of sulfonamides is 1. The summed E-state index contributed by atoms with van der Waals surface area (Å²) in [5.41, 5.74) is 0. The number of nitrogens with one attached hydrogen (secondary N) is 2. The molecule has 7 nitrogen and oxygen atoms in total. The fraction of sp³-hybridized carbons (Fsp3) is 0.333. The second-order valence-corrected chi connectivity index (χ2v) is 6.21. The molecule has 0 saturated carbocycles. The molecule has 2 heterocycles. The number of hydrogen-bond donors (Lipinski definition) is 3. The molecule has 0 amide bonds. The molecule has 0 bridgehead atoms. The highest BCUT2D eigenvalue weighted by atomic mass is 32.2. The van der Waals surface area contributed by atoms with Crippen LogP contribution >= 0.6 is 11.3 Å². The number of nitrogens with zero attached hydrogens (tertiary/aromatic N) is 2. The third kappa shape index (κ3) is 3.06. The van der Waals surface area contributed by atoms with Crippen molar-refractivity contribution in [3.63, 3.8) is 0 Å². The van der Waals surface area contributed by atoms with Crippen molar-refractivity contribution in [3.05, 3.63) is 11.4 Å². The number of hydrogen-bond acceptors (Lipinski definition) is 7. The molecule has 0 saturated heterocycles. The zero-order chi connectivity index (χ0) is 13.2. The van der Waals surface area contributed by atoms with Crippen molar-refractivity contribution in [2.75, 3.05) is 30.0 Å². The van der Waals surface area contributed by atoms with E-state index in [9.17, 15) is 8.42 Å². The Hall–Kier alpha value is -1.45. The highest BCUT2D eigenvalue weighted by Gasteiger charge is 2.09. The summed E-state index contributed by atoms with van der Waals surface area (Å²) in [5.74, 6) is 0.953. The molecule has 0 fully saturated rings. The molecule has 4 N–H and O–H groups in total. The normalized spacial score (nSPS) is 11.7. The maximum Gasteiger partial charge on any atom is 0.225 e. The Labute approximate surface area is 108 Å². The molecule has 0 atom stereocenters. The zero-order valence-corrected chi connectivity index (χ0v) is 11.3. The Balaban J connectivity index is 2.23. The minimum atomic E-state index is -3.47. The first-order chi connectivity index (χ1) is 8.49. The van der Waals surface area contributed by atoms with Crippen LogP contribution in [0.3, 0.4) is 0 Å². The van der Waals surface area contributed by atoms with Crippen LogP contribution in [0.2, 0.25) is 0 Å². The Morgan fingerprint density at radius 1 is 1.44 bits per heavy atom. The first-order valence-electron chi connectivity index (χ1n) is 5.17. The number of anilines is 2. The van der Waals surface area contributed by atoms with Gasteiger partial charge in [0.15, 0.2) is 0 Å². The lowest BCUT2D eigenvalue weighted by molar-refractivity contribution is 0.598. The van der Waals surface area contributed by atoms with E-state index in [0.717, 1.165) is 10.2 Å². The Morgan fingerprint density at radius 2 is 2.22 bits per heavy atom. The van der Waals surface area contributed by atoms with Crippen LogP contribution in [0.25, 0.3) is 10.2 Å². The lowest BCUT2D eigenvalue weighted by Crippen LogP contribution is -2.22. The van der Waals surface area contributed by atoms with Gasteiger partial charge in [0, 0.05) is 13.6 Å². The van der Waals surface area contributed by atoms with Gasteiger partial charge in [0.05, 0.1) is 11.1 Å². The van der Waals surface area contributed by atoms with E-state index < -0.39 is 10.0 Å². The first-order valence-corrected chi connectivity index (χ1v) is 7.76. The van der Waals surface area contributed by atoms with Crippen molar-refractivity contribution in [2.45, 2.75) is 0 Å². The van der Waals surface area contributed by atoms with Crippen LogP contribution in [0.1, 0.15) is 0 Å². The number of aromatic nitrogens is 2. The number of rotatable bonds is 5. The van der Waals surface area contributed by atoms with Gasteiger partial charge in [-0.05, 0) is 11.4 Å². The molecule has 0 aliphatic carbocycles. The van der Waals surface area contributed by atoms with E-state index >= 15 is 0 Å². The van der Waals surface area contributed by atoms with Crippen LogP contribution in [0, 0.1) is 0 Å². The molecular formula is C9H13N5O2S2. The Bertz CT molecular complexity index is 652. The van der Waals surface area contributed by atoms with Gasteiger partial charge in [-0.2, -0.15) is 4.98 Å². The summed E-state index contributed by atoms with van der Waals surface area (Å²) in [4.78, 5) is 9.37. The summed E-state index contributed by atoms with van der Waals surface area (Å²) in [7, 11) is -1.74. The molecule has 2 aromatic heterocycles. The number of thiophene rings is 1. The lowest BCUT2D eigenvalue weighted by Gasteiger charge is -2.07. The van der Waals surface area contributed by atoms with E-state index in [-0.39, 0.29) is 12.3 Å². The highest BCUT2D eigenvalue weighted by molar-refractivity contribution is 7.89. The summed E-state index contributed by atoms with van der Waals surface area (Å²) in [6, 6.07) is 1.89. The molecule has 0 unspecified atom stereocenters. The van der Waals surface area contributed by atoms with Gasteiger partial charge in [-0.15, -0.1) is 11.3 Å². The van der Waals surface area contributed by atoms with Gasteiger partial charge < -0.3 is 10.6 Å². The molecule has 18 heavy (non-hydrogen) atoms. The number of fused-ring (bicyclic) bond motifs is 1. The molecule has 0 radical (unpaired) electrons. The average Bonchev–Trinajstić information content (AvgIpc) is 2.75. The predicted molar refractivity (Wildman–Crippen MR) is 73.4 cm³/mol. The summed E-state index contributed by atoms with van der Waals surface area (Å²) in [6.45, 7) is 0.212. The van der Waals surface area contributed by atoms with E-state index in [2.05, 4.69) is 20.6 Å². The molecule has 2 aromatic rings. The standard InChI is InChI=1S/C9H13N5O2S2/c1-11-9-13-7(12-3-5-18(10,15)16)6-2-4-17-8(6)14-9/h2,4H,3,5H2,1H3,(H2,10,15,16)(H2,11,12,13,14). The van der Waals surface area contributed by atoms with Gasteiger partial charge in [-0.3, -0.25) is 0 Å². The molecule has 0 aliphatic rings. The molecule has 98 valence electrons. The maximum atomic E-state index is 10.9. The predicted octanol–water partition coefficient (Wildman–Crippen LogP) is 0.433. The van der Waals surface area contributed by atoms with Crippen molar-refractivity contribution in [1.29, 1.82) is 0 Å². The van der Waals surface area contributed by atoms with Crippen LogP contribution in [0.4, 0.5) is 11.8 Å². The van der Waals surface area contributed by atoms with E-state index in [1.807, 2.05) is 11.4 Å². The van der Waals surface area contributed by atoms with E-state index in [0.29, 0.717) is 11.8 Å². The Kier molecular flexibility index (Phi) is 3.64. The second kappa shape index (κ2) is 5.04. The highest BCUT2D eigenvalue weighted by Crippen LogP contribution is 2.26. The van der Waals surface area contributed by atoms with E-state index in [1.165, 1.54) is 11.3 Å². The van der Waals surface area contributed by atoms with Gasteiger partial charge in [0.2, 0.25) is 16.0 Å². The van der Waals surface area contributed by atoms with Crippen LogP contribution in [0.5, 0.6) is 0 Å². The van der Waals surface area contributed by atoms with Gasteiger partial charge in [0.1, 0.15) is 10.6 Å². The van der Waals surface area contributed by atoms with Crippen molar-refractivity contribution >= 4 is 43.3 Å². The van der Waals surface area contributed by atoms with Crippen molar-refractivity contribution in [2.24, 2.45) is 5.14 Å². The fourth-order valence-electron chi connectivity index (χ4n) is 1.41. The minimum Gasteiger partial charge on any atom is -0.368 e. The average molecular weight is 287 g/mol. The van der Waals surface area contributed by atoms with E-state index in [4.69, 9.17) is 5.14 Å². The monoisotopic (exact) mass is 287 g/mol. The molecule has 2 rings (SSSR count). The van der Waals surface area contributed by atoms with Gasteiger partial charge in [-0.25, -0.2) is 18.5 Å².